The van der Waals surface area contributed by atoms with Gasteiger partial charge in [0.25, 0.3) is 0 Å². The van der Waals surface area contributed by atoms with Crippen LogP contribution in [0.25, 0.3) is 0 Å². The van der Waals surface area contributed by atoms with Gasteiger partial charge in [0, 0.05) is 38.9 Å². The average Bonchev–Trinajstić information content (AvgIpc) is 2.41. The Balaban J connectivity index is 2.25. The summed E-state index contributed by atoms with van der Waals surface area (Å²) in [6.07, 6.45) is 0. The van der Waals surface area contributed by atoms with Crippen molar-refractivity contribution < 1.29 is 13.7 Å². The van der Waals surface area contributed by atoms with Crippen molar-refractivity contribution in [1.29, 1.82) is 0 Å². The molecule has 0 heterocycles. The first-order valence-corrected chi connectivity index (χ1v) is 7.28. The molecule has 0 radical (unpaired) electrons. The average molecular weight is 422 g/mol. The van der Waals surface area contributed by atoms with E-state index in [0.717, 1.165) is 15.0 Å². The van der Waals surface area contributed by atoms with Crippen LogP contribution in [0.5, 0.6) is 0 Å². The molecule has 0 amide bonds. The summed E-state index contributed by atoms with van der Waals surface area (Å²) in [5.74, 6) is -2.03. The Hall–Kier alpha value is -1.54. The number of anilines is 1. The molecule has 2 aromatic rings. The molecular formula is C13H8Br2F2N2O2. The number of nitrogens with one attached hydrogen (secondary N) is 1. The minimum Gasteiger partial charge on any atom is -0.380 e. The minimum atomic E-state index is -1.19. The minimum absolute atomic E-state index is 0.00924. The number of rotatable bonds is 4. The first-order chi connectivity index (χ1) is 9.88. The predicted molar refractivity (Wildman–Crippen MR) is 82.2 cm³/mol. The van der Waals surface area contributed by atoms with Crippen LogP contribution in [0.3, 0.4) is 0 Å². The normalized spacial score (nSPS) is 10.5. The molecule has 8 heteroatoms. The lowest BCUT2D eigenvalue weighted by molar-refractivity contribution is -0.387. The van der Waals surface area contributed by atoms with Crippen molar-refractivity contribution >= 4 is 43.2 Å². The van der Waals surface area contributed by atoms with Crippen molar-refractivity contribution in [1.82, 2.24) is 0 Å². The molecule has 0 unspecified atom stereocenters. The monoisotopic (exact) mass is 420 g/mol. The quantitative estimate of drug-likeness (QED) is 0.557. The van der Waals surface area contributed by atoms with E-state index in [9.17, 15) is 18.9 Å². The molecule has 21 heavy (non-hydrogen) atoms. The third-order valence-corrected chi connectivity index (χ3v) is 3.90. The summed E-state index contributed by atoms with van der Waals surface area (Å²) in [6.45, 7) is -0.0119. The van der Waals surface area contributed by atoms with E-state index in [1.54, 1.807) is 12.1 Å². The van der Waals surface area contributed by atoms with Gasteiger partial charge in [-0.25, -0.2) is 4.39 Å². The number of hydrogen-bond acceptors (Lipinski definition) is 3. The molecule has 0 aromatic heterocycles. The summed E-state index contributed by atoms with van der Waals surface area (Å²) >= 11 is 6.63. The third kappa shape index (κ3) is 3.76. The van der Waals surface area contributed by atoms with Gasteiger partial charge in [0.15, 0.2) is 0 Å². The third-order valence-electron chi connectivity index (χ3n) is 2.71. The fourth-order valence-corrected chi connectivity index (χ4v) is 2.43. The van der Waals surface area contributed by atoms with Crippen molar-refractivity contribution in [3.05, 3.63) is 66.6 Å². The van der Waals surface area contributed by atoms with Gasteiger partial charge in [0.05, 0.1) is 4.92 Å². The number of nitrogens with zero attached hydrogens (tertiary/aromatic N) is 1. The second-order valence-electron chi connectivity index (χ2n) is 4.13. The van der Waals surface area contributed by atoms with E-state index in [-0.39, 0.29) is 12.1 Å². The predicted octanol–water partition coefficient (Wildman–Crippen LogP) is 5.01. The van der Waals surface area contributed by atoms with Crippen molar-refractivity contribution in [3.63, 3.8) is 0 Å². The van der Waals surface area contributed by atoms with E-state index in [1.165, 1.54) is 0 Å². The molecule has 0 atom stereocenters. The highest BCUT2D eigenvalue weighted by Gasteiger charge is 2.18. The fraction of sp³-hybridized carbons (Fsp3) is 0.0769. The molecule has 110 valence electrons. The van der Waals surface area contributed by atoms with E-state index in [2.05, 4.69) is 37.2 Å². The molecule has 0 saturated carbocycles. The lowest BCUT2D eigenvalue weighted by atomic mass is 10.1. The van der Waals surface area contributed by atoms with Gasteiger partial charge in [-0.1, -0.05) is 15.9 Å². The molecule has 0 saturated heterocycles. The Bertz CT molecular complexity index is 711. The van der Waals surface area contributed by atoms with Crippen LogP contribution >= 0.6 is 31.9 Å². The molecule has 0 bridgehead atoms. The maximum absolute atomic E-state index is 13.7. The van der Waals surface area contributed by atoms with E-state index >= 15 is 0 Å². The zero-order chi connectivity index (χ0) is 15.6. The molecular weight excluding hydrogens is 414 g/mol. The van der Waals surface area contributed by atoms with Crippen molar-refractivity contribution in [3.8, 4) is 0 Å². The van der Waals surface area contributed by atoms with Crippen LogP contribution in [-0.2, 0) is 6.54 Å². The second kappa shape index (κ2) is 6.48. The largest absolute Gasteiger partial charge is 0.380 e. The van der Waals surface area contributed by atoms with Crippen LogP contribution in [0.2, 0.25) is 0 Å². The Morgan fingerprint density at radius 1 is 1.14 bits per heavy atom. The number of hydrogen-bond donors (Lipinski definition) is 1. The lowest BCUT2D eigenvalue weighted by Gasteiger charge is -2.10. The first-order valence-electron chi connectivity index (χ1n) is 5.69. The standard InChI is InChI=1S/C13H8Br2F2N2O2/c14-8-1-2-9(15)12(4-8)18-6-7-3-13(19(20)21)11(17)5-10(7)16/h1-5,18H,6H2. The van der Waals surface area contributed by atoms with E-state index < -0.39 is 22.2 Å². The van der Waals surface area contributed by atoms with Crippen molar-refractivity contribution in [2.45, 2.75) is 6.54 Å². The van der Waals surface area contributed by atoms with Crippen LogP contribution < -0.4 is 5.32 Å². The van der Waals surface area contributed by atoms with Gasteiger partial charge < -0.3 is 5.32 Å². The molecule has 0 aliphatic rings. The number of nitro benzene ring substituents is 1. The van der Waals surface area contributed by atoms with Gasteiger partial charge in [-0.15, -0.1) is 0 Å². The molecule has 2 aromatic carbocycles. The summed E-state index contributed by atoms with van der Waals surface area (Å²) in [4.78, 5) is 9.79. The van der Waals surface area contributed by atoms with E-state index in [4.69, 9.17) is 0 Å². The topological polar surface area (TPSA) is 55.2 Å². The Morgan fingerprint density at radius 3 is 2.52 bits per heavy atom. The SMILES string of the molecule is O=[N+]([O-])c1cc(CNc2cc(Br)ccc2Br)c(F)cc1F. The first kappa shape index (κ1) is 15.8. The van der Waals surface area contributed by atoms with Crippen LogP contribution in [0.1, 0.15) is 5.56 Å². The highest BCUT2D eigenvalue weighted by Crippen LogP contribution is 2.28. The second-order valence-corrected chi connectivity index (χ2v) is 5.90. The smallest absolute Gasteiger partial charge is 0.305 e. The molecule has 0 aliphatic carbocycles. The number of benzene rings is 2. The molecule has 1 N–H and O–H groups in total. The van der Waals surface area contributed by atoms with Crippen LogP contribution in [-0.4, -0.2) is 4.92 Å². The van der Waals surface area contributed by atoms with Gasteiger partial charge >= 0.3 is 5.69 Å². The van der Waals surface area contributed by atoms with Gasteiger partial charge in [0.1, 0.15) is 5.82 Å². The van der Waals surface area contributed by atoms with Crippen molar-refractivity contribution in [2.24, 2.45) is 0 Å². The summed E-state index contributed by atoms with van der Waals surface area (Å²) < 4.78 is 28.5. The summed E-state index contributed by atoms with van der Waals surface area (Å²) in [5.41, 5.74) is -0.0627. The van der Waals surface area contributed by atoms with Gasteiger partial charge in [-0.05, 0) is 34.1 Å². The Kier molecular flexibility index (Phi) is 4.89. The molecule has 0 aliphatic heterocycles. The summed E-state index contributed by atoms with van der Waals surface area (Å²) in [5, 5.41) is 13.6. The summed E-state index contributed by atoms with van der Waals surface area (Å²) in [7, 11) is 0. The van der Waals surface area contributed by atoms with Crippen LogP contribution in [0.15, 0.2) is 39.3 Å². The van der Waals surface area contributed by atoms with Crippen molar-refractivity contribution in [2.75, 3.05) is 5.32 Å². The van der Waals surface area contributed by atoms with Gasteiger partial charge in [-0.3, -0.25) is 10.1 Å². The zero-order valence-corrected chi connectivity index (χ0v) is 13.5. The van der Waals surface area contributed by atoms with Gasteiger partial charge in [-0.2, -0.15) is 4.39 Å². The molecule has 0 fully saturated rings. The number of halogens is 4. The Labute approximate surface area is 135 Å². The van der Waals surface area contributed by atoms with E-state index in [1.807, 2.05) is 6.07 Å². The maximum atomic E-state index is 13.7. The highest BCUT2D eigenvalue weighted by atomic mass is 79.9. The molecule has 4 nitrogen and oxygen atoms in total. The molecule has 0 spiro atoms. The van der Waals surface area contributed by atoms with Crippen LogP contribution in [0, 0.1) is 21.7 Å². The maximum Gasteiger partial charge on any atom is 0.305 e. The zero-order valence-electron chi connectivity index (χ0n) is 10.4. The van der Waals surface area contributed by atoms with Gasteiger partial charge in [0.2, 0.25) is 5.82 Å². The summed E-state index contributed by atoms with van der Waals surface area (Å²) in [6, 6.07) is 6.78. The lowest BCUT2D eigenvalue weighted by Crippen LogP contribution is -2.05. The fourth-order valence-electron chi connectivity index (χ4n) is 1.68. The highest BCUT2D eigenvalue weighted by molar-refractivity contribution is 9.11. The Morgan fingerprint density at radius 2 is 1.86 bits per heavy atom. The molecule has 2 rings (SSSR count). The van der Waals surface area contributed by atoms with E-state index in [0.29, 0.717) is 11.8 Å². The van der Waals surface area contributed by atoms with Crippen LogP contribution in [0.4, 0.5) is 20.2 Å². The number of nitro groups is 1.